The van der Waals surface area contributed by atoms with E-state index >= 15 is 0 Å². The Bertz CT molecular complexity index is 1220. The minimum absolute atomic E-state index is 0.121. The predicted molar refractivity (Wildman–Crippen MR) is 110 cm³/mol. The number of nitrogens with zero attached hydrogens (tertiary/aromatic N) is 2. The molecule has 0 saturated carbocycles. The molecular formula is C20H24N4O4S. The molecule has 0 bridgehead atoms. The highest BCUT2D eigenvalue weighted by Crippen LogP contribution is 2.18. The second kappa shape index (κ2) is 7.82. The van der Waals surface area contributed by atoms with Gasteiger partial charge in [0, 0.05) is 30.1 Å². The summed E-state index contributed by atoms with van der Waals surface area (Å²) in [7, 11) is -3.25. The van der Waals surface area contributed by atoms with Crippen LogP contribution >= 0.6 is 0 Å². The van der Waals surface area contributed by atoms with Crippen molar-refractivity contribution in [3.05, 3.63) is 63.2 Å². The van der Waals surface area contributed by atoms with Crippen LogP contribution in [0.25, 0.3) is 5.65 Å². The van der Waals surface area contributed by atoms with Gasteiger partial charge in [0.25, 0.3) is 5.56 Å². The van der Waals surface area contributed by atoms with Crippen molar-refractivity contribution in [3.63, 3.8) is 0 Å². The van der Waals surface area contributed by atoms with Crippen molar-refractivity contribution in [2.75, 3.05) is 6.26 Å². The van der Waals surface area contributed by atoms with Crippen LogP contribution in [0.2, 0.25) is 0 Å². The van der Waals surface area contributed by atoms with E-state index in [9.17, 15) is 18.0 Å². The van der Waals surface area contributed by atoms with Crippen molar-refractivity contribution < 1.29 is 13.2 Å². The van der Waals surface area contributed by atoms with Crippen molar-refractivity contribution in [2.24, 2.45) is 0 Å². The van der Waals surface area contributed by atoms with Gasteiger partial charge in [-0.15, -0.1) is 0 Å². The highest BCUT2D eigenvalue weighted by molar-refractivity contribution is 7.90. The van der Waals surface area contributed by atoms with Crippen molar-refractivity contribution in [3.8, 4) is 0 Å². The molecule has 0 aliphatic rings. The minimum atomic E-state index is -3.25. The maximum Gasteiger partial charge on any atom is 0.266 e. The number of aromatic amines is 1. The predicted octanol–water partition coefficient (Wildman–Crippen LogP) is 1.85. The molecule has 1 amide bonds. The highest BCUT2D eigenvalue weighted by atomic mass is 32.2. The number of hydrogen-bond donors (Lipinski definition) is 2. The average Bonchev–Trinajstić information content (AvgIpc) is 3.01. The Morgan fingerprint density at radius 3 is 2.52 bits per heavy atom. The van der Waals surface area contributed by atoms with E-state index < -0.39 is 9.84 Å². The summed E-state index contributed by atoms with van der Waals surface area (Å²) in [6.07, 6.45) is 1.92. The van der Waals surface area contributed by atoms with Crippen LogP contribution in [0.1, 0.15) is 41.9 Å². The summed E-state index contributed by atoms with van der Waals surface area (Å²) in [5.74, 6) is -0.121. The average molecular weight is 417 g/mol. The van der Waals surface area contributed by atoms with E-state index in [0.29, 0.717) is 12.1 Å². The summed E-state index contributed by atoms with van der Waals surface area (Å²) in [5, 5.41) is 5.64. The number of carbonyl (C=O) groups excluding carboxylic acids is 1. The number of carbonyl (C=O) groups is 1. The lowest BCUT2D eigenvalue weighted by Crippen LogP contribution is -2.27. The molecule has 9 heteroatoms. The first kappa shape index (κ1) is 20.8. The van der Waals surface area contributed by atoms with Crippen LogP contribution in [-0.2, 0) is 21.1 Å². The first-order valence-electron chi connectivity index (χ1n) is 9.23. The largest absolute Gasteiger partial charge is 0.350 e. The lowest BCUT2D eigenvalue weighted by molar-refractivity contribution is -0.121. The molecule has 2 aromatic heterocycles. The van der Waals surface area contributed by atoms with Crippen molar-refractivity contribution in [1.29, 1.82) is 0 Å². The summed E-state index contributed by atoms with van der Waals surface area (Å²) in [6, 6.07) is 7.68. The molecule has 8 nitrogen and oxygen atoms in total. The lowest BCUT2D eigenvalue weighted by Gasteiger charge is -2.16. The van der Waals surface area contributed by atoms with E-state index in [4.69, 9.17) is 0 Å². The summed E-state index contributed by atoms with van der Waals surface area (Å²) in [4.78, 5) is 28.6. The molecule has 1 aromatic carbocycles. The standard InChI is InChI=1S/C20H24N4O4S/c1-12(15-5-7-16(8-6-15)29(4,27)28)22-19(25)10-9-17-13(2)21-18-11-20(26)23-24(18)14(17)3/h5-8,11-12H,9-10H2,1-4H3,(H,22,25)(H,23,26)/t12-/m0/s1. The molecule has 0 spiro atoms. The number of amides is 1. The van der Waals surface area contributed by atoms with Gasteiger partial charge in [0.15, 0.2) is 15.5 Å². The van der Waals surface area contributed by atoms with Crippen molar-refractivity contribution >= 4 is 21.4 Å². The van der Waals surface area contributed by atoms with Gasteiger partial charge in [-0.05, 0) is 50.5 Å². The maximum absolute atomic E-state index is 12.4. The first-order chi connectivity index (χ1) is 13.6. The number of fused-ring (bicyclic) bond motifs is 1. The number of nitrogens with one attached hydrogen (secondary N) is 2. The van der Waals surface area contributed by atoms with Crippen LogP contribution in [0.3, 0.4) is 0 Å². The Balaban J connectivity index is 1.67. The monoisotopic (exact) mass is 416 g/mol. The van der Waals surface area contributed by atoms with E-state index in [-0.39, 0.29) is 28.8 Å². The quantitative estimate of drug-likeness (QED) is 0.637. The summed E-state index contributed by atoms with van der Waals surface area (Å²) < 4.78 is 24.7. The van der Waals surface area contributed by atoms with Gasteiger partial charge in [0.1, 0.15) is 0 Å². The third-order valence-corrected chi connectivity index (χ3v) is 6.12. The molecular weight excluding hydrogens is 392 g/mol. The van der Waals surface area contributed by atoms with Gasteiger partial charge in [-0.2, -0.15) is 0 Å². The first-order valence-corrected chi connectivity index (χ1v) is 11.1. The Morgan fingerprint density at radius 2 is 1.90 bits per heavy atom. The molecule has 2 N–H and O–H groups in total. The Morgan fingerprint density at radius 1 is 1.24 bits per heavy atom. The van der Waals surface area contributed by atoms with Crippen LogP contribution in [0.5, 0.6) is 0 Å². The fourth-order valence-electron chi connectivity index (χ4n) is 3.36. The number of H-pyrrole nitrogens is 1. The Kier molecular flexibility index (Phi) is 5.61. The molecule has 0 unspecified atom stereocenters. The molecule has 0 aliphatic heterocycles. The lowest BCUT2D eigenvalue weighted by atomic mass is 10.1. The molecule has 0 radical (unpaired) electrons. The van der Waals surface area contributed by atoms with E-state index in [1.807, 2.05) is 20.8 Å². The number of hydrogen-bond acceptors (Lipinski definition) is 5. The van der Waals surface area contributed by atoms with Gasteiger partial charge < -0.3 is 5.32 Å². The normalized spacial score (nSPS) is 12.8. The molecule has 154 valence electrons. The zero-order valence-electron chi connectivity index (χ0n) is 16.8. The minimum Gasteiger partial charge on any atom is -0.350 e. The zero-order chi connectivity index (χ0) is 21.3. The molecule has 29 heavy (non-hydrogen) atoms. The second-order valence-electron chi connectivity index (χ2n) is 7.21. The fraction of sp³-hybridized carbons (Fsp3) is 0.350. The van der Waals surface area contributed by atoms with Crippen LogP contribution in [0.15, 0.2) is 40.0 Å². The second-order valence-corrected chi connectivity index (χ2v) is 9.22. The van der Waals surface area contributed by atoms with Crippen LogP contribution in [0.4, 0.5) is 0 Å². The number of rotatable bonds is 6. The van der Waals surface area contributed by atoms with Gasteiger partial charge in [0.05, 0.1) is 10.9 Å². The number of aromatic nitrogens is 3. The maximum atomic E-state index is 12.4. The molecule has 0 saturated heterocycles. The third-order valence-electron chi connectivity index (χ3n) is 4.99. The van der Waals surface area contributed by atoms with Gasteiger partial charge in [-0.25, -0.2) is 17.9 Å². The molecule has 0 fully saturated rings. The summed E-state index contributed by atoms with van der Waals surface area (Å²) in [6.45, 7) is 5.60. The van der Waals surface area contributed by atoms with Gasteiger partial charge >= 0.3 is 0 Å². The smallest absolute Gasteiger partial charge is 0.266 e. The van der Waals surface area contributed by atoms with Gasteiger partial charge in [0.2, 0.25) is 5.91 Å². The fourth-order valence-corrected chi connectivity index (χ4v) is 3.99. The van der Waals surface area contributed by atoms with Gasteiger partial charge in [-0.3, -0.25) is 14.7 Å². The highest BCUT2D eigenvalue weighted by Gasteiger charge is 2.15. The topological polar surface area (TPSA) is 113 Å². The van der Waals surface area contributed by atoms with Crippen LogP contribution < -0.4 is 10.9 Å². The number of benzene rings is 1. The third kappa shape index (κ3) is 4.56. The van der Waals surface area contributed by atoms with Crippen molar-refractivity contribution in [1.82, 2.24) is 19.9 Å². The number of sulfone groups is 1. The van der Waals surface area contributed by atoms with Crippen LogP contribution in [0, 0.1) is 13.8 Å². The zero-order valence-corrected chi connectivity index (χ0v) is 17.6. The molecule has 1 atom stereocenters. The van der Waals surface area contributed by atoms with E-state index in [0.717, 1.165) is 28.8 Å². The van der Waals surface area contributed by atoms with Crippen LogP contribution in [-0.4, -0.2) is 35.2 Å². The summed E-state index contributed by atoms with van der Waals surface area (Å²) in [5.41, 5.74) is 3.73. The molecule has 3 rings (SSSR count). The molecule has 3 aromatic rings. The van der Waals surface area contributed by atoms with Crippen molar-refractivity contribution in [2.45, 2.75) is 44.6 Å². The molecule has 2 heterocycles. The SMILES string of the molecule is Cc1nc2cc(=O)[nH]n2c(C)c1CCC(=O)N[C@@H](C)c1ccc(S(C)(=O)=O)cc1. The van der Waals surface area contributed by atoms with E-state index in [1.165, 1.54) is 6.07 Å². The van der Waals surface area contributed by atoms with Gasteiger partial charge in [-0.1, -0.05) is 12.1 Å². The Hall–Kier alpha value is -2.94. The van der Waals surface area contributed by atoms with E-state index in [1.54, 1.807) is 28.8 Å². The molecule has 0 aliphatic carbocycles. The Labute approximate surface area is 168 Å². The summed E-state index contributed by atoms with van der Waals surface area (Å²) >= 11 is 0. The number of aryl methyl sites for hydroxylation is 2. The van der Waals surface area contributed by atoms with E-state index in [2.05, 4.69) is 15.4 Å².